The van der Waals surface area contributed by atoms with E-state index < -0.39 is 10.0 Å². The van der Waals surface area contributed by atoms with Crippen LogP contribution >= 0.6 is 0 Å². The Hall–Kier alpha value is -2.38. The number of ether oxygens (including phenoxy) is 2. The van der Waals surface area contributed by atoms with Gasteiger partial charge in [0.2, 0.25) is 10.0 Å². The molecule has 0 radical (unpaired) electrons. The third-order valence-corrected chi connectivity index (χ3v) is 6.75. The third-order valence-electron chi connectivity index (χ3n) is 4.85. The maximum Gasteiger partial charge on any atom is 0.243 e. The molecule has 1 heterocycles. The van der Waals surface area contributed by atoms with Gasteiger partial charge in [-0.15, -0.1) is 0 Å². The van der Waals surface area contributed by atoms with E-state index in [1.165, 1.54) is 23.4 Å². The number of methoxy groups -OCH3 is 2. The highest BCUT2D eigenvalue weighted by Gasteiger charge is 2.37. The van der Waals surface area contributed by atoms with Gasteiger partial charge in [0.25, 0.3) is 0 Å². The lowest BCUT2D eigenvalue weighted by atomic mass is 10.0. The molecule has 1 aliphatic rings. The molecule has 0 unspecified atom stereocenters. The Morgan fingerprint density at radius 1 is 1.11 bits per heavy atom. The fourth-order valence-electron chi connectivity index (χ4n) is 3.44. The summed E-state index contributed by atoms with van der Waals surface area (Å²) in [6, 6.07) is 11.3. The van der Waals surface area contributed by atoms with Gasteiger partial charge in [0.1, 0.15) is 11.5 Å². The first-order valence-corrected chi connectivity index (χ1v) is 10.2. The molecule has 1 saturated heterocycles. The Morgan fingerprint density at radius 2 is 1.89 bits per heavy atom. The molecule has 1 fully saturated rings. The van der Waals surface area contributed by atoms with Crippen molar-refractivity contribution in [3.8, 4) is 11.5 Å². The molecule has 0 amide bonds. The smallest absolute Gasteiger partial charge is 0.243 e. The molecule has 0 aromatic heterocycles. The van der Waals surface area contributed by atoms with Gasteiger partial charge >= 0.3 is 0 Å². The van der Waals surface area contributed by atoms with Crippen molar-refractivity contribution in [1.29, 1.82) is 0 Å². The fourth-order valence-corrected chi connectivity index (χ4v) is 5.16. The van der Waals surface area contributed by atoms with E-state index in [1.807, 2.05) is 6.07 Å². The van der Waals surface area contributed by atoms with Crippen LogP contribution in [0.2, 0.25) is 0 Å². The molecular weight excluding hydrogens is 366 g/mol. The van der Waals surface area contributed by atoms with Crippen LogP contribution in [0.5, 0.6) is 11.5 Å². The Bertz CT molecular complexity index is 955. The summed E-state index contributed by atoms with van der Waals surface area (Å²) in [6.45, 7) is 1.85. The van der Waals surface area contributed by atoms with Gasteiger partial charge in [-0.25, -0.2) is 8.42 Å². The topological polar surface area (TPSA) is 72.9 Å². The molecule has 0 aliphatic carbocycles. The highest BCUT2D eigenvalue weighted by molar-refractivity contribution is 7.89. The van der Waals surface area contributed by atoms with Gasteiger partial charge in [-0.2, -0.15) is 4.31 Å². The number of carbonyl (C=O) groups excluding carboxylic acids is 1. The van der Waals surface area contributed by atoms with Crippen LogP contribution in [0.3, 0.4) is 0 Å². The molecule has 7 heteroatoms. The van der Waals surface area contributed by atoms with Crippen LogP contribution in [-0.4, -0.2) is 39.3 Å². The van der Waals surface area contributed by atoms with Gasteiger partial charge < -0.3 is 9.47 Å². The lowest BCUT2D eigenvalue weighted by molar-refractivity contribution is 0.101. The quantitative estimate of drug-likeness (QED) is 0.708. The lowest BCUT2D eigenvalue weighted by Crippen LogP contribution is -2.31. The van der Waals surface area contributed by atoms with Crippen LogP contribution in [-0.2, 0) is 10.0 Å². The zero-order chi connectivity index (χ0) is 19.6. The third kappa shape index (κ3) is 3.70. The average molecular weight is 389 g/mol. The molecule has 1 atom stereocenters. The molecule has 27 heavy (non-hydrogen) atoms. The normalized spacial score (nSPS) is 17.7. The first kappa shape index (κ1) is 19.4. The van der Waals surface area contributed by atoms with Gasteiger partial charge in [0.05, 0.1) is 25.2 Å². The van der Waals surface area contributed by atoms with Crippen molar-refractivity contribution in [3.05, 3.63) is 53.6 Å². The molecule has 0 bridgehead atoms. The Morgan fingerprint density at radius 3 is 2.56 bits per heavy atom. The molecule has 2 aromatic rings. The second-order valence-corrected chi connectivity index (χ2v) is 8.36. The fraction of sp³-hybridized carbons (Fsp3) is 0.350. The maximum absolute atomic E-state index is 13.3. The van der Waals surface area contributed by atoms with Crippen molar-refractivity contribution in [2.45, 2.75) is 30.7 Å². The molecule has 1 aliphatic heterocycles. The number of hydrogen-bond acceptors (Lipinski definition) is 5. The molecule has 0 saturated carbocycles. The van der Waals surface area contributed by atoms with Gasteiger partial charge in [0, 0.05) is 23.7 Å². The minimum Gasteiger partial charge on any atom is -0.497 e. The zero-order valence-electron chi connectivity index (χ0n) is 15.6. The van der Waals surface area contributed by atoms with Crippen LogP contribution in [0.4, 0.5) is 0 Å². The van der Waals surface area contributed by atoms with E-state index in [4.69, 9.17) is 9.47 Å². The maximum atomic E-state index is 13.3. The summed E-state index contributed by atoms with van der Waals surface area (Å²) in [6.07, 6.45) is 1.46. The van der Waals surface area contributed by atoms with Gasteiger partial charge in [-0.3, -0.25) is 4.79 Å². The van der Waals surface area contributed by atoms with Crippen LogP contribution in [0, 0.1) is 0 Å². The molecule has 144 valence electrons. The zero-order valence-corrected chi connectivity index (χ0v) is 16.5. The molecular formula is C20H23NO5S. The summed E-state index contributed by atoms with van der Waals surface area (Å²) in [5.41, 5.74) is 1.19. The number of sulfonamides is 1. The average Bonchev–Trinajstić information content (AvgIpc) is 3.18. The van der Waals surface area contributed by atoms with E-state index in [0.29, 0.717) is 30.0 Å². The number of hydrogen-bond donors (Lipinski definition) is 0. The van der Waals surface area contributed by atoms with Crippen molar-refractivity contribution in [3.63, 3.8) is 0 Å². The number of Topliss-reactive ketones (excluding diaryl/α,β-unsaturated/α-hetero) is 1. The van der Waals surface area contributed by atoms with Gasteiger partial charge in [-0.05, 0) is 38.0 Å². The van der Waals surface area contributed by atoms with Crippen molar-refractivity contribution in [2.75, 3.05) is 20.8 Å². The Balaban J connectivity index is 2.01. The van der Waals surface area contributed by atoms with E-state index in [-0.39, 0.29) is 16.7 Å². The van der Waals surface area contributed by atoms with E-state index in [2.05, 4.69) is 0 Å². The van der Waals surface area contributed by atoms with Crippen LogP contribution in [0.1, 0.15) is 41.7 Å². The number of carbonyl (C=O) groups is 1. The summed E-state index contributed by atoms with van der Waals surface area (Å²) in [5, 5.41) is 0. The van der Waals surface area contributed by atoms with E-state index in [9.17, 15) is 13.2 Å². The summed E-state index contributed by atoms with van der Waals surface area (Å²) in [7, 11) is -0.608. The number of benzene rings is 2. The monoisotopic (exact) mass is 389 g/mol. The number of nitrogens with zero attached hydrogens (tertiary/aromatic N) is 1. The lowest BCUT2D eigenvalue weighted by Gasteiger charge is -2.26. The van der Waals surface area contributed by atoms with Gasteiger partial charge in [0.15, 0.2) is 5.78 Å². The minimum atomic E-state index is -3.74. The van der Waals surface area contributed by atoms with E-state index in [0.717, 1.165) is 12.0 Å². The van der Waals surface area contributed by atoms with Crippen LogP contribution in [0.25, 0.3) is 0 Å². The van der Waals surface area contributed by atoms with Crippen LogP contribution < -0.4 is 9.47 Å². The molecule has 2 aromatic carbocycles. The SMILES string of the molecule is COc1ccc([C@H]2CCCN2S(=O)(=O)c2cccc(C(C)=O)c2)c(OC)c1. The summed E-state index contributed by atoms with van der Waals surface area (Å²) in [5.74, 6) is 1.08. The Kier molecular flexibility index (Phi) is 5.53. The standard InChI is InChI=1S/C20H23NO5S/c1-14(22)15-6-4-7-17(12-15)27(23,24)21-11-5-8-19(21)18-10-9-16(25-2)13-20(18)26-3/h4,6-7,9-10,12-13,19H,5,8,11H2,1-3H3/t19-/m1/s1. The second-order valence-electron chi connectivity index (χ2n) is 6.47. The highest BCUT2D eigenvalue weighted by Crippen LogP contribution is 2.41. The highest BCUT2D eigenvalue weighted by atomic mass is 32.2. The van der Waals surface area contributed by atoms with Crippen molar-refractivity contribution in [2.24, 2.45) is 0 Å². The summed E-state index contributed by atoms with van der Waals surface area (Å²) in [4.78, 5) is 11.8. The summed E-state index contributed by atoms with van der Waals surface area (Å²) < 4.78 is 38.7. The Labute approximate surface area is 159 Å². The summed E-state index contributed by atoms with van der Waals surface area (Å²) >= 11 is 0. The largest absolute Gasteiger partial charge is 0.497 e. The minimum absolute atomic E-state index is 0.134. The van der Waals surface area contributed by atoms with Crippen molar-refractivity contribution < 1.29 is 22.7 Å². The second kappa shape index (κ2) is 7.70. The number of rotatable bonds is 6. The molecule has 6 nitrogen and oxygen atoms in total. The van der Waals surface area contributed by atoms with Gasteiger partial charge in [-0.1, -0.05) is 18.2 Å². The molecule has 3 rings (SSSR count). The van der Waals surface area contributed by atoms with E-state index >= 15 is 0 Å². The molecule has 0 N–H and O–H groups in total. The number of ketones is 1. The van der Waals surface area contributed by atoms with Crippen molar-refractivity contribution in [1.82, 2.24) is 4.31 Å². The first-order chi connectivity index (χ1) is 12.9. The first-order valence-electron chi connectivity index (χ1n) is 8.73. The molecule has 0 spiro atoms. The van der Waals surface area contributed by atoms with E-state index in [1.54, 1.807) is 38.5 Å². The predicted octanol–water partition coefficient (Wildman–Crippen LogP) is 3.43. The van der Waals surface area contributed by atoms with Crippen molar-refractivity contribution >= 4 is 15.8 Å². The predicted molar refractivity (Wildman–Crippen MR) is 102 cm³/mol. The van der Waals surface area contributed by atoms with Crippen LogP contribution in [0.15, 0.2) is 47.4 Å².